The van der Waals surface area contributed by atoms with Gasteiger partial charge in [0.1, 0.15) is 5.56 Å². The number of halogens is 7. The van der Waals surface area contributed by atoms with Gasteiger partial charge in [-0.3, -0.25) is 19.6 Å². The number of rotatable bonds is 6. The van der Waals surface area contributed by atoms with Crippen molar-refractivity contribution in [1.82, 2.24) is 0 Å². The molecule has 0 saturated heterocycles. The van der Waals surface area contributed by atoms with Crippen LogP contribution in [0, 0.1) is 10.1 Å². The molecular weight excluding hydrogens is 524 g/mol. The first-order valence-corrected chi connectivity index (χ1v) is 10.4. The van der Waals surface area contributed by atoms with Crippen LogP contribution in [-0.2, 0) is 21.0 Å². The summed E-state index contributed by atoms with van der Waals surface area (Å²) in [7, 11) is -4.60. The standard InChI is InChI=1S/C17H12ClF6N3O6S/c1-15(29,17(22,23)24)14(28)25-12-5-3-9(7-11(12)18)34(32,33)26-8-2-4-10(16(19,20)21)13(6-8)27(30)31/h2-7,26,29H,1H3,(H,25,28). The molecule has 34 heavy (non-hydrogen) atoms. The first kappa shape index (κ1) is 27.1. The van der Waals surface area contributed by atoms with Crippen molar-refractivity contribution in [2.24, 2.45) is 0 Å². The summed E-state index contributed by atoms with van der Waals surface area (Å²) in [4.78, 5) is 20.7. The van der Waals surface area contributed by atoms with E-state index in [4.69, 9.17) is 11.6 Å². The van der Waals surface area contributed by atoms with E-state index in [1.807, 2.05) is 0 Å². The lowest BCUT2D eigenvalue weighted by Crippen LogP contribution is -2.52. The SMILES string of the molecule is CC(O)(C(=O)Nc1ccc(S(=O)(=O)Nc2ccc(C(F)(F)F)c([N+](=O)[O-])c2)cc1Cl)C(F)(F)F. The predicted octanol–water partition coefficient (Wildman–Crippen LogP) is 4.32. The fourth-order valence-electron chi connectivity index (χ4n) is 2.34. The summed E-state index contributed by atoms with van der Waals surface area (Å²) in [6.45, 7) is 0.183. The molecular formula is C17H12ClF6N3O6S. The number of nitrogens with one attached hydrogen (secondary N) is 2. The molecule has 1 amide bonds. The van der Waals surface area contributed by atoms with Gasteiger partial charge in [-0.1, -0.05) is 11.6 Å². The van der Waals surface area contributed by atoms with Crippen molar-refractivity contribution in [2.45, 2.75) is 29.8 Å². The Hall–Kier alpha value is -3.11. The normalized spacial score (nSPS) is 14.3. The second-order valence-electron chi connectivity index (χ2n) is 6.76. The average Bonchev–Trinajstić information content (AvgIpc) is 2.67. The topological polar surface area (TPSA) is 139 Å². The molecule has 1 unspecified atom stereocenters. The maximum Gasteiger partial charge on any atom is 0.426 e. The van der Waals surface area contributed by atoms with Gasteiger partial charge in [0.15, 0.2) is 0 Å². The van der Waals surface area contributed by atoms with Gasteiger partial charge < -0.3 is 10.4 Å². The molecule has 0 aliphatic carbocycles. The minimum Gasteiger partial charge on any atom is -0.373 e. The van der Waals surface area contributed by atoms with Gasteiger partial charge in [-0.2, -0.15) is 26.3 Å². The van der Waals surface area contributed by atoms with Gasteiger partial charge in [0.2, 0.25) is 5.60 Å². The number of hydrogen-bond donors (Lipinski definition) is 3. The number of anilines is 2. The number of hydrogen-bond acceptors (Lipinski definition) is 6. The molecule has 0 heterocycles. The Morgan fingerprint density at radius 1 is 1.09 bits per heavy atom. The molecule has 3 N–H and O–H groups in total. The Balaban J connectivity index is 2.34. The van der Waals surface area contributed by atoms with Crippen molar-refractivity contribution in [3.63, 3.8) is 0 Å². The van der Waals surface area contributed by atoms with E-state index in [1.165, 1.54) is 0 Å². The molecule has 0 saturated carbocycles. The zero-order valence-electron chi connectivity index (χ0n) is 16.5. The molecule has 0 fully saturated rings. The predicted molar refractivity (Wildman–Crippen MR) is 106 cm³/mol. The molecule has 2 aromatic carbocycles. The first-order chi connectivity index (χ1) is 15.3. The maximum atomic E-state index is 12.9. The third-order valence-electron chi connectivity index (χ3n) is 4.25. The van der Waals surface area contributed by atoms with Crippen molar-refractivity contribution >= 4 is 44.6 Å². The quantitative estimate of drug-likeness (QED) is 0.286. The van der Waals surface area contributed by atoms with E-state index in [0.29, 0.717) is 24.3 Å². The first-order valence-electron chi connectivity index (χ1n) is 8.56. The highest BCUT2D eigenvalue weighted by Crippen LogP contribution is 2.38. The Morgan fingerprint density at radius 2 is 1.68 bits per heavy atom. The van der Waals surface area contributed by atoms with Gasteiger partial charge >= 0.3 is 12.4 Å². The lowest BCUT2D eigenvalue weighted by Gasteiger charge is -2.25. The van der Waals surface area contributed by atoms with Crippen LogP contribution < -0.4 is 10.0 Å². The van der Waals surface area contributed by atoms with Crippen LogP contribution in [0.3, 0.4) is 0 Å². The van der Waals surface area contributed by atoms with Crippen LogP contribution in [-0.4, -0.2) is 36.1 Å². The minimum atomic E-state index is -5.33. The third-order valence-corrected chi connectivity index (χ3v) is 5.94. The average molecular weight is 536 g/mol. The van der Waals surface area contributed by atoms with Crippen LogP contribution >= 0.6 is 11.6 Å². The minimum absolute atomic E-state index is 0.183. The number of nitro benzene ring substituents is 1. The number of benzene rings is 2. The molecule has 2 rings (SSSR count). The zero-order valence-corrected chi connectivity index (χ0v) is 18.0. The monoisotopic (exact) mass is 535 g/mol. The summed E-state index contributed by atoms with van der Waals surface area (Å²) in [5, 5.41) is 21.4. The largest absolute Gasteiger partial charge is 0.426 e. The van der Waals surface area contributed by atoms with Gasteiger partial charge in [-0.05, 0) is 37.3 Å². The fourth-order valence-corrected chi connectivity index (χ4v) is 3.70. The van der Waals surface area contributed by atoms with Crippen molar-refractivity contribution in [3.8, 4) is 0 Å². The van der Waals surface area contributed by atoms with Crippen molar-refractivity contribution in [2.75, 3.05) is 10.0 Å². The molecule has 9 nitrogen and oxygen atoms in total. The van der Waals surface area contributed by atoms with Gasteiger partial charge in [-0.15, -0.1) is 0 Å². The van der Waals surface area contributed by atoms with E-state index in [-0.39, 0.29) is 6.92 Å². The maximum absolute atomic E-state index is 12.9. The highest BCUT2D eigenvalue weighted by atomic mass is 35.5. The van der Waals surface area contributed by atoms with E-state index in [1.54, 1.807) is 10.0 Å². The molecule has 17 heteroatoms. The molecule has 0 spiro atoms. The summed E-state index contributed by atoms with van der Waals surface area (Å²) in [6, 6.07) is 3.51. The third kappa shape index (κ3) is 5.68. The van der Waals surface area contributed by atoms with Crippen molar-refractivity contribution in [1.29, 1.82) is 0 Å². The summed E-state index contributed by atoms with van der Waals surface area (Å²) < 4.78 is 104. The lowest BCUT2D eigenvalue weighted by molar-refractivity contribution is -0.388. The van der Waals surface area contributed by atoms with Crippen LogP contribution in [0.25, 0.3) is 0 Å². The van der Waals surface area contributed by atoms with Gasteiger partial charge in [0, 0.05) is 6.07 Å². The molecule has 1 atom stereocenters. The summed E-state index contributed by atoms with van der Waals surface area (Å²) in [5.74, 6) is -1.91. The van der Waals surface area contributed by atoms with Crippen LogP contribution in [0.1, 0.15) is 12.5 Å². The van der Waals surface area contributed by atoms with Crippen molar-refractivity contribution in [3.05, 3.63) is 57.1 Å². The molecule has 0 bridgehead atoms. The number of carbonyl (C=O) groups excluding carboxylic acids is 1. The molecule has 2 aromatic rings. The summed E-state index contributed by atoms with van der Waals surface area (Å²) in [6.07, 6.45) is -10.4. The van der Waals surface area contributed by atoms with E-state index in [0.717, 1.165) is 12.1 Å². The number of alkyl halides is 6. The van der Waals surface area contributed by atoms with E-state index >= 15 is 0 Å². The van der Waals surface area contributed by atoms with Crippen LogP contribution in [0.4, 0.5) is 43.4 Å². The number of nitro groups is 1. The zero-order chi connectivity index (χ0) is 26.3. The Bertz CT molecular complexity index is 1250. The Kier molecular flexibility index (Phi) is 7.12. The van der Waals surface area contributed by atoms with Crippen molar-refractivity contribution < 1.29 is 49.6 Å². The molecule has 0 aliphatic heterocycles. The van der Waals surface area contributed by atoms with E-state index in [2.05, 4.69) is 0 Å². The van der Waals surface area contributed by atoms with Gasteiger partial charge in [0.05, 0.1) is 26.2 Å². The highest BCUT2D eigenvalue weighted by molar-refractivity contribution is 7.92. The molecule has 0 aromatic heterocycles. The second kappa shape index (κ2) is 8.92. The number of carbonyl (C=O) groups is 1. The smallest absolute Gasteiger partial charge is 0.373 e. The van der Waals surface area contributed by atoms with Gasteiger partial charge in [0.25, 0.3) is 21.6 Å². The van der Waals surface area contributed by atoms with Crippen LogP contribution in [0.2, 0.25) is 5.02 Å². The molecule has 0 radical (unpaired) electrons. The summed E-state index contributed by atoms with van der Waals surface area (Å²) >= 11 is 5.80. The van der Waals surface area contributed by atoms with Gasteiger partial charge in [-0.25, -0.2) is 8.42 Å². The Morgan fingerprint density at radius 3 is 2.15 bits per heavy atom. The lowest BCUT2D eigenvalue weighted by atomic mass is 10.1. The number of amides is 1. The van der Waals surface area contributed by atoms with Crippen LogP contribution in [0.5, 0.6) is 0 Å². The van der Waals surface area contributed by atoms with Crippen LogP contribution in [0.15, 0.2) is 41.3 Å². The fraction of sp³-hybridized carbons (Fsp3) is 0.235. The number of nitrogens with zero attached hydrogens (tertiary/aromatic N) is 1. The molecule has 0 aliphatic rings. The summed E-state index contributed by atoms with van der Waals surface area (Å²) in [5.41, 5.74) is -7.92. The van der Waals surface area contributed by atoms with E-state index < -0.39 is 71.4 Å². The number of sulfonamides is 1. The molecule has 186 valence electrons. The highest BCUT2D eigenvalue weighted by Gasteiger charge is 2.55. The second-order valence-corrected chi connectivity index (χ2v) is 8.85. The van der Waals surface area contributed by atoms with E-state index in [9.17, 15) is 54.8 Å². The number of aliphatic hydroxyl groups is 1. The Labute approximate surface area is 191 Å².